The SMILES string of the molecule is C=CC(=O)NNc1nc(Nc2ncc(C(=O)Nc3c(C)cccc3Cl)s2)nc(N2CCN(C(=O)C3CC3)CC2)n1. The fourth-order valence-electron chi connectivity index (χ4n) is 4.00. The van der Waals surface area contributed by atoms with E-state index >= 15 is 0 Å². The number of piperazine rings is 1. The molecule has 0 spiro atoms. The van der Waals surface area contributed by atoms with Gasteiger partial charge in [0, 0.05) is 32.1 Å². The molecular weight excluding hydrogens is 556 g/mol. The smallest absolute Gasteiger partial charge is 0.267 e. The van der Waals surface area contributed by atoms with Gasteiger partial charge in [-0.15, -0.1) is 0 Å². The molecule has 208 valence electrons. The van der Waals surface area contributed by atoms with Crippen molar-refractivity contribution in [3.8, 4) is 0 Å². The highest BCUT2D eigenvalue weighted by atomic mass is 35.5. The molecule has 1 aliphatic carbocycles. The highest BCUT2D eigenvalue weighted by molar-refractivity contribution is 7.17. The summed E-state index contributed by atoms with van der Waals surface area (Å²) in [7, 11) is 0. The number of aromatic nitrogens is 4. The summed E-state index contributed by atoms with van der Waals surface area (Å²) in [6, 6.07) is 5.37. The Bertz CT molecular complexity index is 1430. The van der Waals surface area contributed by atoms with Gasteiger partial charge in [-0.25, -0.2) is 4.98 Å². The first kappa shape index (κ1) is 27.3. The summed E-state index contributed by atoms with van der Waals surface area (Å²) in [5.41, 5.74) is 6.45. The molecule has 15 heteroatoms. The van der Waals surface area contributed by atoms with Crippen LogP contribution in [0.4, 0.5) is 28.7 Å². The number of carbonyl (C=O) groups is 3. The van der Waals surface area contributed by atoms with Gasteiger partial charge in [-0.1, -0.05) is 41.6 Å². The predicted octanol–water partition coefficient (Wildman–Crippen LogP) is 2.97. The number of hydrogen-bond donors (Lipinski definition) is 4. The first-order valence-corrected chi connectivity index (χ1v) is 13.8. The van der Waals surface area contributed by atoms with Gasteiger partial charge in [-0.05, 0) is 37.5 Å². The van der Waals surface area contributed by atoms with Crippen molar-refractivity contribution < 1.29 is 14.4 Å². The lowest BCUT2D eigenvalue weighted by molar-refractivity contribution is -0.132. The Balaban J connectivity index is 1.31. The Hall–Kier alpha value is -4.30. The molecule has 13 nitrogen and oxygen atoms in total. The quantitative estimate of drug-likeness (QED) is 0.218. The van der Waals surface area contributed by atoms with Crippen molar-refractivity contribution in [1.82, 2.24) is 30.3 Å². The van der Waals surface area contributed by atoms with Gasteiger partial charge in [-0.3, -0.25) is 30.6 Å². The lowest BCUT2D eigenvalue weighted by Crippen LogP contribution is -2.49. The minimum absolute atomic E-state index is 0.0860. The van der Waals surface area contributed by atoms with E-state index in [0.29, 0.717) is 52.8 Å². The molecule has 0 bridgehead atoms. The molecule has 1 aliphatic heterocycles. The molecule has 40 heavy (non-hydrogen) atoms. The molecule has 1 saturated heterocycles. The number of anilines is 5. The van der Waals surface area contributed by atoms with Crippen LogP contribution in [0, 0.1) is 12.8 Å². The van der Waals surface area contributed by atoms with Gasteiger partial charge in [0.05, 0.1) is 16.9 Å². The molecule has 0 atom stereocenters. The second-order valence-corrected chi connectivity index (χ2v) is 10.7. The molecule has 0 unspecified atom stereocenters. The van der Waals surface area contributed by atoms with Crippen molar-refractivity contribution in [2.45, 2.75) is 19.8 Å². The predicted molar refractivity (Wildman–Crippen MR) is 153 cm³/mol. The van der Waals surface area contributed by atoms with Gasteiger partial charge in [-0.2, -0.15) is 15.0 Å². The number of para-hydroxylation sites is 1. The van der Waals surface area contributed by atoms with Crippen LogP contribution >= 0.6 is 22.9 Å². The number of carbonyl (C=O) groups excluding carboxylic acids is 3. The maximum absolute atomic E-state index is 12.8. The van der Waals surface area contributed by atoms with Crippen LogP contribution in [0.3, 0.4) is 0 Å². The third-order valence-corrected chi connectivity index (χ3v) is 7.54. The van der Waals surface area contributed by atoms with Crippen molar-refractivity contribution in [2.75, 3.05) is 47.1 Å². The number of rotatable bonds is 9. The van der Waals surface area contributed by atoms with E-state index < -0.39 is 5.91 Å². The molecule has 2 fully saturated rings. The molecular formula is C25H27ClN10O3S. The first-order valence-electron chi connectivity index (χ1n) is 12.6. The van der Waals surface area contributed by atoms with E-state index in [-0.39, 0.29) is 29.6 Å². The van der Waals surface area contributed by atoms with Crippen LogP contribution in [0.25, 0.3) is 0 Å². The Morgan fingerprint density at radius 3 is 2.55 bits per heavy atom. The standard InChI is InChI=1S/C25H27ClN10O3S/c1-3-18(37)33-34-23-29-22(30-24(31-23)36-11-9-35(10-12-36)21(39)15-7-8-15)32-25-27-13-17(40-25)20(38)28-19-14(2)5-4-6-16(19)26/h3-6,13,15H,1,7-12H2,2H3,(H,28,38)(H,33,37)(H2,27,29,30,31,32,34). The minimum Gasteiger partial charge on any atom is -0.339 e. The summed E-state index contributed by atoms with van der Waals surface area (Å²) in [6.07, 6.45) is 4.48. The van der Waals surface area contributed by atoms with Gasteiger partial charge in [0.15, 0.2) is 5.13 Å². The number of hydrogen-bond acceptors (Lipinski definition) is 11. The van der Waals surface area contributed by atoms with Crippen LogP contribution in [0.5, 0.6) is 0 Å². The van der Waals surface area contributed by atoms with Gasteiger partial charge in [0.1, 0.15) is 4.88 Å². The molecule has 1 aromatic carbocycles. The second kappa shape index (κ2) is 11.8. The normalized spacial score (nSPS) is 14.8. The summed E-state index contributed by atoms with van der Waals surface area (Å²) in [5, 5.41) is 6.65. The number of hydrazine groups is 1. The Labute approximate surface area is 239 Å². The second-order valence-electron chi connectivity index (χ2n) is 9.23. The maximum atomic E-state index is 12.8. The molecule has 5 rings (SSSR count). The first-order chi connectivity index (χ1) is 19.3. The number of amides is 3. The number of nitrogens with one attached hydrogen (secondary N) is 4. The summed E-state index contributed by atoms with van der Waals surface area (Å²) in [6.45, 7) is 7.50. The van der Waals surface area contributed by atoms with Gasteiger partial charge >= 0.3 is 0 Å². The Morgan fingerprint density at radius 2 is 1.85 bits per heavy atom. The third-order valence-electron chi connectivity index (χ3n) is 6.32. The zero-order valence-corrected chi connectivity index (χ0v) is 23.2. The largest absolute Gasteiger partial charge is 0.339 e. The fourth-order valence-corrected chi connectivity index (χ4v) is 4.97. The Kier molecular flexibility index (Phi) is 8.07. The summed E-state index contributed by atoms with van der Waals surface area (Å²) >= 11 is 7.35. The van der Waals surface area contributed by atoms with Crippen LogP contribution in [-0.4, -0.2) is 68.7 Å². The monoisotopic (exact) mass is 582 g/mol. The number of thiazole rings is 1. The fraction of sp³-hybridized carbons (Fsp3) is 0.320. The number of aryl methyl sites for hydroxylation is 1. The molecule has 3 heterocycles. The van der Waals surface area contributed by atoms with E-state index in [1.807, 2.05) is 28.9 Å². The van der Waals surface area contributed by atoms with Crippen molar-refractivity contribution in [3.63, 3.8) is 0 Å². The zero-order valence-electron chi connectivity index (χ0n) is 21.6. The van der Waals surface area contributed by atoms with Crippen LogP contribution in [0.15, 0.2) is 37.1 Å². The lowest BCUT2D eigenvalue weighted by Gasteiger charge is -2.35. The van der Waals surface area contributed by atoms with Crippen LogP contribution in [0.1, 0.15) is 28.1 Å². The van der Waals surface area contributed by atoms with E-state index in [4.69, 9.17) is 11.6 Å². The molecule has 3 aromatic rings. The molecule has 3 amide bonds. The number of benzene rings is 1. The van der Waals surface area contributed by atoms with Crippen LogP contribution in [0.2, 0.25) is 5.02 Å². The number of halogens is 1. The van der Waals surface area contributed by atoms with Gasteiger partial charge in [0.25, 0.3) is 11.8 Å². The average Bonchev–Trinajstić information content (AvgIpc) is 3.71. The van der Waals surface area contributed by atoms with Gasteiger partial charge < -0.3 is 15.1 Å². The van der Waals surface area contributed by atoms with Crippen LogP contribution < -0.4 is 26.4 Å². The summed E-state index contributed by atoms with van der Waals surface area (Å²) in [5.74, 6) is 0.153. The topological polar surface area (TPSA) is 157 Å². The molecule has 2 aliphatic rings. The van der Waals surface area contributed by atoms with Crippen molar-refractivity contribution in [3.05, 3.63) is 52.5 Å². The van der Waals surface area contributed by atoms with Crippen molar-refractivity contribution in [2.24, 2.45) is 5.92 Å². The Morgan fingerprint density at radius 1 is 1.10 bits per heavy atom. The van der Waals surface area contributed by atoms with E-state index in [1.165, 1.54) is 6.20 Å². The third kappa shape index (κ3) is 6.46. The van der Waals surface area contributed by atoms with Crippen molar-refractivity contribution in [1.29, 1.82) is 0 Å². The van der Waals surface area contributed by atoms with Gasteiger partial charge in [0.2, 0.25) is 23.8 Å². The lowest BCUT2D eigenvalue weighted by atomic mass is 10.2. The minimum atomic E-state index is -0.465. The van der Waals surface area contributed by atoms with E-state index in [2.05, 4.69) is 48.0 Å². The van der Waals surface area contributed by atoms with Crippen LogP contribution in [-0.2, 0) is 9.59 Å². The molecule has 4 N–H and O–H groups in total. The molecule has 0 radical (unpaired) electrons. The maximum Gasteiger partial charge on any atom is 0.267 e. The van der Waals surface area contributed by atoms with E-state index in [9.17, 15) is 14.4 Å². The van der Waals surface area contributed by atoms with E-state index in [1.54, 1.807) is 6.07 Å². The van der Waals surface area contributed by atoms with E-state index in [0.717, 1.165) is 35.8 Å². The molecule has 1 saturated carbocycles. The highest BCUT2D eigenvalue weighted by Gasteiger charge is 2.35. The summed E-state index contributed by atoms with van der Waals surface area (Å²) in [4.78, 5) is 58.7. The van der Waals surface area contributed by atoms with Crippen molar-refractivity contribution >= 4 is 69.3 Å². The number of nitrogens with zero attached hydrogens (tertiary/aromatic N) is 6. The average molecular weight is 583 g/mol. The highest BCUT2D eigenvalue weighted by Crippen LogP contribution is 2.32. The summed E-state index contributed by atoms with van der Waals surface area (Å²) < 4.78 is 0. The molecule has 2 aromatic heterocycles. The zero-order chi connectivity index (χ0) is 28.2.